The van der Waals surface area contributed by atoms with Crippen molar-refractivity contribution in [3.63, 3.8) is 0 Å². The van der Waals surface area contributed by atoms with Crippen LogP contribution in [0.25, 0.3) is 0 Å². The third-order valence-electron chi connectivity index (χ3n) is 6.48. The molecular formula is C27H31BrCl2N4O4. The number of piperidine rings is 1. The monoisotopic (exact) mass is 624 g/mol. The average Bonchev–Trinajstić information content (AvgIpc) is 3.25. The van der Waals surface area contributed by atoms with Crippen LogP contribution in [0.15, 0.2) is 46.9 Å². The molecule has 2 aromatic rings. The number of ether oxygens (including phenoxy) is 1. The summed E-state index contributed by atoms with van der Waals surface area (Å²) in [5, 5.41) is 6.55. The summed E-state index contributed by atoms with van der Waals surface area (Å²) in [4.78, 5) is 42.4. The summed E-state index contributed by atoms with van der Waals surface area (Å²) in [6.07, 6.45) is 1.33. The van der Waals surface area contributed by atoms with Gasteiger partial charge in [0, 0.05) is 23.2 Å². The molecule has 11 heteroatoms. The minimum absolute atomic E-state index is 0.209. The Hall–Kier alpha value is -2.49. The summed E-state index contributed by atoms with van der Waals surface area (Å²) in [5.41, 5.74) is 0.937. The standard InChI is InChI=1S/C27H31BrCl2N4O4/c1-27(2,3)38-26(37)34-15-18(13-23(34)16-6-8-17(28)9-7-16)31-25(36)32-22-5-4-12-33(24(22)35)19-10-11-20(29)21(30)14-19/h6-11,14,18,22-23H,4-5,12-13,15H2,1-3H3,(H2,31,32,36). The van der Waals surface area contributed by atoms with Gasteiger partial charge in [0.15, 0.2) is 0 Å². The van der Waals surface area contributed by atoms with Gasteiger partial charge in [0.25, 0.3) is 0 Å². The van der Waals surface area contributed by atoms with Crippen LogP contribution in [-0.2, 0) is 9.53 Å². The number of nitrogens with zero attached hydrogens (tertiary/aromatic N) is 2. The van der Waals surface area contributed by atoms with Gasteiger partial charge in [-0.25, -0.2) is 9.59 Å². The molecule has 2 aliphatic rings. The van der Waals surface area contributed by atoms with E-state index in [2.05, 4.69) is 26.6 Å². The highest BCUT2D eigenvalue weighted by molar-refractivity contribution is 9.10. The maximum Gasteiger partial charge on any atom is 0.410 e. The Morgan fingerprint density at radius 2 is 1.76 bits per heavy atom. The highest BCUT2D eigenvalue weighted by Crippen LogP contribution is 2.34. The van der Waals surface area contributed by atoms with Crippen molar-refractivity contribution in [3.05, 3.63) is 62.5 Å². The van der Waals surface area contributed by atoms with Crippen molar-refractivity contribution >= 4 is 62.9 Å². The largest absolute Gasteiger partial charge is 0.444 e. The number of benzene rings is 2. The first-order valence-corrected chi connectivity index (χ1v) is 14.0. The second-order valence-corrected chi connectivity index (χ2v) is 12.3. The molecule has 2 aliphatic heterocycles. The van der Waals surface area contributed by atoms with E-state index >= 15 is 0 Å². The van der Waals surface area contributed by atoms with E-state index in [0.717, 1.165) is 16.5 Å². The van der Waals surface area contributed by atoms with Gasteiger partial charge < -0.3 is 20.3 Å². The molecule has 0 bridgehead atoms. The van der Waals surface area contributed by atoms with Gasteiger partial charge in [-0.2, -0.15) is 0 Å². The maximum atomic E-state index is 13.2. The van der Waals surface area contributed by atoms with Crippen LogP contribution >= 0.6 is 39.1 Å². The lowest BCUT2D eigenvalue weighted by atomic mass is 10.0. The first-order valence-electron chi connectivity index (χ1n) is 12.5. The van der Waals surface area contributed by atoms with Crippen LogP contribution in [-0.4, -0.2) is 53.7 Å². The number of hydrogen-bond acceptors (Lipinski definition) is 4. The molecule has 0 aromatic heterocycles. The van der Waals surface area contributed by atoms with Gasteiger partial charge in [0.1, 0.15) is 11.6 Å². The van der Waals surface area contributed by atoms with Gasteiger partial charge in [-0.15, -0.1) is 0 Å². The Bertz CT molecular complexity index is 1200. The number of carbonyl (C=O) groups is 3. The molecule has 2 fully saturated rings. The fraction of sp³-hybridized carbons (Fsp3) is 0.444. The van der Waals surface area contributed by atoms with Gasteiger partial charge in [-0.1, -0.05) is 51.3 Å². The lowest BCUT2D eigenvalue weighted by Crippen LogP contribution is -2.55. The number of hydrogen-bond donors (Lipinski definition) is 2. The molecule has 0 spiro atoms. The molecule has 2 aromatic carbocycles. The van der Waals surface area contributed by atoms with Gasteiger partial charge in [0.05, 0.1) is 22.1 Å². The zero-order valence-corrected chi connectivity index (χ0v) is 24.6. The Labute approximate surface area is 241 Å². The highest BCUT2D eigenvalue weighted by atomic mass is 79.9. The summed E-state index contributed by atoms with van der Waals surface area (Å²) < 4.78 is 6.57. The summed E-state index contributed by atoms with van der Waals surface area (Å²) in [6, 6.07) is 11.1. The molecule has 0 aliphatic carbocycles. The molecule has 8 nitrogen and oxygen atoms in total. The first-order chi connectivity index (χ1) is 17.9. The SMILES string of the molecule is CC(C)(C)OC(=O)N1CC(NC(=O)NC2CCCN(c3ccc(Cl)c(Cl)c3)C2=O)CC1c1ccc(Br)cc1. The molecule has 204 valence electrons. The van der Waals surface area contributed by atoms with Crippen molar-refractivity contribution in [2.75, 3.05) is 18.0 Å². The summed E-state index contributed by atoms with van der Waals surface area (Å²) in [5.74, 6) is -0.209. The van der Waals surface area contributed by atoms with Crippen LogP contribution in [0.2, 0.25) is 10.0 Å². The van der Waals surface area contributed by atoms with Gasteiger partial charge >= 0.3 is 12.1 Å². The van der Waals surface area contributed by atoms with Crippen LogP contribution in [0, 0.1) is 0 Å². The van der Waals surface area contributed by atoms with E-state index in [1.54, 1.807) is 28.0 Å². The smallest absolute Gasteiger partial charge is 0.410 e. The van der Waals surface area contributed by atoms with E-state index in [1.807, 2.05) is 45.0 Å². The number of likely N-dealkylation sites (tertiary alicyclic amines) is 1. The van der Waals surface area contributed by atoms with E-state index in [1.165, 1.54) is 0 Å². The topological polar surface area (TPSA) is 91.0 Å². The van der Waals surface area contributed by atoms with Crippen LogP contribution in [0.5, 0.6) is 0 Å². The molecule has 38 heavy (non-hydrogen) atoms. The molecule has 0 saturated carbocycles. The van der Waals surface area contributed by atoms with Gasteiger partial charge in [-0.3, -0.25) is 9.69 Å². The van der Waals surface area contributed by atoms with Crippen molar-refractivity contribution in [2.45, 2.75) is 63.8 Å². The highest BCUT2D eigenvalue weighted by Gasteiger charge is 2.39. The van der Waals surface area contributed by atoms with E-state index < -0.39 is 23.8 Å². The molecule has 2 saturated heterocycles. The molecule has 3 unspecified atom stereocenters. The fourth-order valence-corrected chi connectivity index (χ4v) is 5.32. The lowest BCUT2D eigenvalue weighted by molar-refractivity contribution is -0.121. The van der Waals surface area contributed by atoms with Gasteiger partial charge in [-0.05, 0) is 75.9 Å². The van der Waals surface area contributed by atoms with Crippen molar-refractivity contribution in [3.8, 4) is 0 Å². The Morgan fingerprint density at radius 1 is 1.05 bits per heavy atom. The minimum Gasteiger partial charge on any atom is -0.444 e. The molecular weight excluding hydrogens is 595 g/mol. The predicted octanol–water partition coefficient (Wildman–Crippen LogP) is 6.30. The number of rotatable bonds is 4. The Kier molecular flexibility index (Phi) is 8.79. The number of urea groups is 1. The number of carbonyl (C=O) groups excluding carboxylic acids is 3. The first kappa shape index (κ1) is 28.5. The molecule has 2 N–H and O–H groups in total. The maximum absolute atomic E-state index is 13.2. The molecule has 2 heterocycles. The van der Waals surface area contributed by atoms with Crippen LogP contribution < -0.4 is 15.5 Å². The number of amides is 4. The van der Waals surface area contributed by atoms with Crippen LogP contribution in [0.4, 0.5) is 15.3 Å². The third kappa shape index (κ3) is 6.93. The second kappa shape index (κ2) is 11.7. The van der Waals surface area contributed by atoms with Crippen molar-refractivity contribution in [1.82, 2.24) is 15.5 Å². The lowest BCUT2D eigenvalue weighted by Gasteiger charge is -2.33. The van der Waals surface area contributed by atoms with Crippen LogP contribution in [0.1, 0.15) is 51.6 Å². The predicted molar refractivity (Wildman–Crippen MR) is 152 cm³/mol. The number of anilines is 1. The van der Waals surface area contributed by atoms with E-state index in [0.29, 0.717) is 35.1 Å². The second-order valence-electron chi connectivity index (χ2n) is 10.5. The van der Waals surface area contributed by atoms with Crippen LogP contribution in [0.3, 0.4) is 0 Å². The zero-order chi connectivity index (χ0) is 27.6. The molecule has 3 atom stereocenters. The number of nitrogens with one attached hydrogen (secondary N) is 2. The Morgan fingerprint density at radius 3 is 2.42 bits per heavy atom. The van der Waals surface area contributed by atoms with E-state index in [4.69, 9.17) is 27.9 Å². The fourth-order valence-electron chi connectivity index (χ4n) is 4.77. The minimum atomic E-state index is -0.677. The third-order valence-corrected chi connectivity index (χ3v) is 7.75. The molecule has 4 amide bonds. The van der Waals surface area contributed by atoms with E-state index in [9.17, 15) is 14.4 Å². The zero-order valence-electron chi connectivity index (χ0n) is 21.5. The van der Waals surface area contributed by atoms with Crippen molar-refractivity contribution < 1.29 is 19.1 Å². The van der Waals surface area contributed by atoms with E-state index in [-0.39, 0.29) is 24.5 Å². The van der Waals surface area contributed by atoms with Gasteiger partial charge in [0.2, 0.25) is 5.91 Å². The van der Waals surface area contributed by atoms with Crippen molar-refractivity contribution in [1.29, 1.82) is 0 Å². The van der Waals surface area contributed by atoms with Crippen molar-refractivity contribution in [2.24, 2.45) is 0 Å². The number of halogens is 3. The molecule has 0 radical (unpaired) electrons. The summed E-state index contributed by atoms with van der Waals surface area (Å²) in [6.45, 7) is 6.28. The summed E-state index contributed by atoms with van der Waals surface area (Å²) >= 11 is 15.6. The molecule has 4 rings (SSSR count). The average molecular weight is 626 g/mol. The quantitative estimate of drug-likeness (QED) is 0.417. The normalized spacial score (nSPS) is 21.8. The summed E-state index contributed by atoms with van der Waals surface area (Å²) in [7, 11) is 0. The Balaban J connectivity index is 1.42.